The van der Waals surface area contributed by atoms with Gasteiger partial charge in [0.15, 0.2) is 11.5 Å². The summed E-state index contributed by atoms with van der Waals surface area (Å²) < 4.78 is 11.2. The van der Waals surface area contributed by atoms with Crippen LogP contribution >= 0.6 is 11.8 Å². The van der Waals surface area contributed by atoms with Gasteiger partial charge in [0.05, 0.1) is 18.6 Å². The van der Waals surface area contributed by atoms with Gasteiger partial charge < -0.3 is 14.8 Å². The molecule has 8 heteroatoms. The molecule has 1 aliphatic rings. The number of hydrogen-bond donors (Lipinski definition) is 1. The van der Waals surface area contributed by atoms with Gasteiger partial charge in [0.2, 0.25) is 5.91 Å². The van der Waals surface area contributed by atoms with E-state index in [1.807, 2.05) is 45.0 Å². The number of hydrogen-bond acceptors (Lipinski definition) is 6. The van der Waals surface area contributed by atoms with E-state index in [9.17, 15) is 14.4 Å². The zero-order valence-electron chi connectivity index (χ0n) is 19.8. The molecule has 0 aromatic heterocycles. The maximum atomic E-state index is 13.0. The SMILES string of the molecule is C=CCc1cc(/C=C2/SC(=O)N(CC(=O)Nc3c(C)cccc3C)C2=O)cc(OCC)c1OC. The number of aryl methyl sites for hydroxylation is 2. The minimum absolute atomic E-state index is 0.238. The highest BCUT2D eigenvalue weighted by atomic mass is 32.2. The number of methoxy groups -OCH3 is 1. The fraction of sp³-hybridized carbons (Fsp3) is 0.269. The van der Waals surface area contributed by atoms with E-state index in [4.69, 9.17) is 9.47 Å². The number of carbonyl (C=O) groups is 3. The molecule has 0 radical (unpaired) electrons. The van der Waals surface area contributed by atoms with E-state index in [1.165, 1.54) is 0 Å². The lowest BCUT2D eigenvalue weighted by Gasteiger charge is -2.15. The molecule has 0 unspecified atom stereocenters. The zero-order valence-corrected chi connectivity index (χ0v) is 20.6. The minimum atomic E-state index is -0.509. The van der Waals surface area contributed by atoms with Crippen LogP contribution in [0, 0.1) is 13.8 Å². The van der Waals surface area contributed by atoms with Gasteiger partial charge in [0, 0.05) is 11.3 Å². The normalized spacial score (nSPS) is 14.5. The van der Waals surface area contributed by atoms with Crippen LogP contribution in [0.5, 0.6) is 11.5 Å². The van der Waals surface area contributed by atoms with E-state index >= 15 is 0 Å². The summed E-state index contributed by atoms with van der Waals surface area (Å²) in [6, 6.07) is 9.30. The van der Waals surface area contributed by atoms with E-state index in [0.29, 0.717) is 35.8 Å². The predicted octanol–water partition coefficient (Wildman–Crippen LogP) is 5.11. The first kappa shape index (κ1) is 25.1. The number of benzene rings is 2. The van der Waals surface area contributed by atoms with Crippen LogP contribution in [0.1, 0.15) is 29.2 Å². The van der Waals surface area contributed by atoms with Gasteiger partial charge in [-0.25, -0.2) is 0 Å². The van der Waals surface area contributed by atoms with Crippen molar-refractivity contribution in [2.45, 2.75) is 27.2 Å². The molecule has 0 aliphatic carbocycles. The van der Waals surface area contributed by atoms with Crippen LogP contribution in [0.15, 0.2) is 47.9 Å². The second-order valence-electron chi connectivity index (χ2n) is 7.72. The van der Waals surface area contributed by atoms with Crippen molar-refractivity contribution in [3.8, 4) is 11.5 Å². The van der Waals surface area contributed by atoms with Gasteiger partial charge in [-0.2, -0.15) is 0 Å². The molecule has 1 fully saturated rings. The first-order chi connectivity index (χ1) is 16.3. The lowest BCUT2D eigenvalue weighted by Crippen LogP contribution is -2.36. The molecule has 0 bridgehead atoms. The molecule has 34 heavy (non-hydrogen) atoms. The Kier molecular flexibility index (Phi) is 8.17. The monoisotopic (exact) mass is 480 g/mol. The quantitative estimate of drug-likeness (QED) is 0.396. The number of carbonyl (C=O) groups excluding carboxylic acids is 3. The van der Waals surface area contributed by atoms with Crippen LogP contribution in [-0.2, 0) is 16.0 Å². The van der Waals surface area contributed by atoms with Crippen LogP contribution in [0.4, 0.5) is 10.5 Å². The van der Waals surface area contributed by atoms with Crippen LogP contribution in [0.25, 0.3) is 6.08 Å². The van der Waals surface area contributed by atoms with Gasteiger partial charge >= 0.3 is 0 Å². The summed E-state index contributed by atoms with van der Waals surface area (Å²) >= 11 is 0.806. The van der Waals surface area contributed by atoms with E-state index in [0.717, 1.165) is 33.4 Å². The van der Waals surface area contributed by atoms with Gasteiger partial charge in [0.1, 0.15) is 6.54 Å². The van der Waals surface area contributed by atoms with Crippen molar-refractivity contribution in [1.82, 2.24) is 4.90 Å². The average molecular weight is 481 g/mol. The van der Waals surface area contributed by atoms with Crippen molar-refractivity contribution in [3.05, 3.63) is 70.1 Å². The Morgan fingerprint density at radius 1 is 1.21 bits per heavy atom. The fourth-order valence-electron chi connectivity index (χ4n) is 3.69. The molecular weight excluding hydrogens is 452 g/mol. The number of thioether (sulfide) groups is 1. The Balaban J connectivity index is 1.83. The number of imide groups is 1. The molecule has 2 aromatic carbocycles. The summed E-state index contributed by atoms with van der Waals surface area (Å²) in [5.41, 5.74) is 4.03. The standard InChI is InChI=1S/C26H28N2O5S/c1-6-9-19-12-18(13-20(33-7-2)24(19)32-5)14-21-25(30)28(26(31)34-21)15-22(29)27-23-16(3)10-8-11-17(23)4/h6,8,10-14H,1,7,9,15H2,2-5H3,(H,27,29)/b21-14+. The van der Waals surface area contributed by atoms with Crippen molar-refractivity contribution < 1.29 is 23.9 Å². The smallest absolute Gasteiger partial charge is 0.294 e. The molecule has 1 heterocycles. The number of nitrogens with one attached hydrogen (secondary N) is 1. The molecule has 3 rings (SSSR count). The topological polar surface area (TPSA) is 84.9 Å². The molecular formula is C26H28N2O5S. The Bertz CT molecular complexity index is 1150. The zero-order chi connectivity index (χ0) is 24.8. The van der Waals surface area contributed by atoms with Crippen LogP contribution < -0.4 is 14.8 Å². The van der Waals surface area contributed by atoms with Crippen LogP contribution in [0.3, 0.4) is 0 Å². The molecule has 178 valence electrons. The lowest BCUT2D eigenvalue weighted by molar-refractivity contribution is -0.127. The summed E-state index contributed by atoms with van der Waals surface area (Å²) in [6.07, 6.45) is 3.92. The number of anilines is 1. The molecule has 1 aliphatic heterocycles. The van der Waals surface area contributed by atoms with Gasteiger partial charge in [-0.15, -0.1) is 6.58 Å². The first-order valence-corrected chi connectivity index (χ1v) is 11.7. The highest BCUT2D eigenvalue weighted by Crippen LogP contribution is 2.37. The summed E-state index contributed by atoms with van der Waals surface area (Å²) in [5, 5.41) is 2.32. The minimum Gasteiger partial charge on any atom is -0.493 e. The maximum Gasteiger partial charge on any atom is 0.294 e. The Morgan fingerprint density at radius 2 is 1.91 bits per heavy atom. The van der Waals surface area contributed by atoms with Crippen LogP contribution in [-0.4, -0.2) is 42.2 Å². The summed E-state index contributed by atoms with van der Waals surface area (Å²) in [7, 11) is 1.57. The number of para-hydroxylation sites is 1. The lowest BCUT2D eigenvalue weighted by atomic mass is 10.0. The van der Waals surface area contributed by atoms with E-state index < -0.39 is 17.1 Å². The third-order valence-corrected chi connectivity index (χ3v) is 6.15. The van der Waals surface area contributed by atoms with Crippen molar-refractivity contribution in [3.63, 3.8) is 0 Å². The Morgan fingerprint density at radius 3 is 2.53 bits per heavy atom. The maximum absolute atomic E-state index is 13.0. The summed E-state index contributed by atoms with van der Waals surface area (Å²) in [6.45, 7) is 9.51. The molecule has 0 saturated carbocycles. The highest BCUT2D eigenvalue weighted by Gasteiger charge is 2.36. The average Bonchev–Trinajstić information content (AvgIpc) is 3.04. The molecule has 0 spiro atoms. The van der Waals surface area contributed by atoms with Crippen molar-refractivity contribution in [1.29, 1.82) is 0 Å². The summed E-state index contributed by atoms with van der Waals surface area (Å²) in [5.74, 6) is 0.209. The molecule has 7 nitrogen and oxygen atoms in total. The van der Waals surface area contributed by atoms with Gasteiger partial charge in [0.25, 0.3) is 11.1 Å². The molecule has 2 aromatic rings. The number of rotatable bonds is 9. The summed E-state index contributed by atoms with van der Waals surface area (Å²) in [4.78, 5) is 39.3. The van der Waals surface area contributed by atoms with E-state index in [1.54, 1.807) is 25.3 Å². The molecule has 3 amide bonds. The second-order valence-corrected chi connectivity index (χ2v) is 8.71. The van der Waals surface area contributed by atoms with Crippen molar-refractivity contribution in [2.24, 2.45) is 0 Å². The second kappa shape index (κ2) is 11.1. The Labute approximate surface area is 203 Å². The number of amides is 3. The van der Waals surface area contributed by atoms with Gasteiger partial charge in [-0.3, -0.25) is 19.3 Å². The molecule has 0 atom stereocenters. The predicted molar refractivity (Wildman–Crippen MR) is 135 cm³/mol. The van der Waals surface area contributed by atoms with Crippen LogP contribution in [0.2, 0.25) is 0 Å². The number of ether oxygens (including phenoxy) is 2. The third kappa shape index (κ3) is 5.51. The van der Waals surface area contributed by atoms with Crippen molar-refractivity contribution in [2.75, 3.05) is 25.6 Å². The largest absolute Gasteiger partial charge is 0.493 e. The number of allylic oxidation sites excluding steroid dienone is 1. The molecule has 1 N–H and O–H groups in total. The number of nitrogens with zero attached hydrogens (tertiary/aromatic N) is 1. The van der Waals surface area contributed by atoms with E-state index in [2.05, 4.69) is 11.9 Å². The molecule has 1 saturated heterocycles. The van der Waals surface area contributed by atoms with E-state index in [-0.39, 0.29) is 11.4 Å². The Hall–Kier alpha value is -3.52. The van der Waals surface area contributed by atoms with Gasteiger partial charge in [-0.1, -0.05) is 24.3 Å². The highest BCUT2D eigenvalue weighted by molar-refractivity contribution is 8.18. The first-order valence-electron chi connectivity index (χ1n) is 10.8. The third-order valence-electron chi connectivity index (χ3n) is 5.24. The van der Waals surface area contributed by atoms with Crippen molar-refractivity contribution >= 4 is 40.6 Å². The fourth-order valence-corrected chi connectivity index (χ4v) is 4.53. The van der Waals surface area contributed by atoms with Gasteiger partial charge in [-0.05, 0) is 73.9 Å².